The lowest BCUT2D eigenvalue weighted by Crippen LogP contribution is -2.43. The molecule has 1 spiro atoms. The van der Waals surface area contributed by atoms with Crippen LogP contribution in [0.25, 0.3) is 5.00 Å². The lowest BCUT2D eigenvalue weighted by Gasteiger charge is -2.27. The Labute approximate surface area is 342 Å². The summed E-state index contributed by atoms with van der Waals surface area (Å²) in [4.78, 5) is 46.6. The van der Waals surface area contributed by atoms with E-state index in [1.807, 2.05) is 43.3 Å². The summed E-state index contributed by atoms with van der Waals surface area (Å²) in [6.45, 7) is 8.45. The van der Waals surface area contributed by atoms with Gasteiger partial charge < -0.3 is 15.0 Å². The average Bonchev–Trinajstić information content (AvgIpc) is 3.83. The van der Waals surface area contributed by atoms with Gasteiger partial charge in [-0.25, -0.2) is 0 Å². The van der Waals surface area contributed by atoms with Gasteiger partial charge in [0.1, 0.15) is 28.7 Å². The van der Waals surface area contributed by atoms with Crippen LogP contribution in [0.4, 0.5) is 5.69 Å². The van der Waals surface area contributed by atoms with E-state index in [1.165, 1.54) is 4.88 Å². The molecule has 2 fully saturated rings. The molecule has 57 heavy (non-hydrogen) atoms. The molecule has 298 valence electrons. The van der Waals surface area contributed by atoms with Gasteiger partial charge in [0, 0.05) is 53.1 Å². The summed E-state index contributed by atoms with van der Waals surface area (Å²) in [7, 11) is 0. The summed E-state index contributed by atoms with van der Waals surface area (Å²) < 4.78 is 8.15. The molecule has 2 aromatic carbocycles. The molecule has 0 bridgehead atoms. The predicted molar refractivity (Wildman–Crippen MR) is 222 cm³/mol. The molecule has 14 heteroatoms. The quantitative estimate of drug-likeness (QED) is 0.0975. The van der Waals surface area contributed by atoms with Crippen molar-refractivity contribution in [3.05, 3.63) is 86.3 Å². The fourth-order valence-corrected chi connectivity index (χ4v) is 9.52. The van der Waals surface area contributed by atoms with E-state index < -0.39 is 11.5 Å². The highest BCUT2D eigenvalue weighted by atomic mass is 35.5. The molecule has 2 saturated heterocycles. The van der Waals surface area contributed by atoms with Gasteiger partial charge in [0.2, 0.25) is 17.7 Å². The lowest BCUT2D eigenvalue weighted by molar-refractivity contribution is -0.134. The summed E-state index contributed by atoms with van der Waals surface area (Å²) in [6.07, 6.45) is 8.50. The minimum Gasteiger partial charge on any atom is -0.494 e. The highest BCUT2D eigenvalue weighted by Gasteiger charge is 2.46. The van der Waals surface area contributed by atoms with Crippen molar-refractivity contribution in [1.29, 1.82) is 5.26 Å². The number of anilines is 1. The number of aliphatic imine (C=N–C) groups is 1. The first kappa shape index (κ1) is 40.1. The van der Waals surface area contributed by atoms with Gasteiger partial charge in [0.05, 0.1) is 35.4 Å². The van der Waals surface area contributed by atoms with Gasteiger partial charge in [0.15, 0.2) is 5.82 Å². The highest BCUT2D eigenvalue weighted by Crippen LogP contribution is 2.42. The van der Waals surface area contributed by atoms with Crippen LogP contribution in [0.2, 0.25) is 5.02 Å². The van der Waals surface area contributed by atoms with Crippen molar-refractivity contribution < 1.29 is 19.1 Å². The Hall–Kier alpha value is -5.06. The molecule has 1 unspecified atom stereocenters. The number of carbonyl (C=O) groups is 3. The van der Waals surface area contributed by atoms with Crippen LogP contribution < -0.4 is 20.3 Å². The Balaban J connectivity index is 0.849. The van der Waals surface area contributed by atoms with Crippen molar-refractivity contribution in [2.75, 3.05) is 31.1 Å². The fraction of sp³-hybridized carbons (Fsp3) is 0.465. The van der Waals surface area contributed by atoms with Crippen LogP contribution in [0.1, 0.15) is 115 Å². The van der Waals surface area contributed by atoms with Crippen LogP contribution >= 0.6 is 22.9 Å². The average molecular weight is 809 g/mol. The number of benzene rings is 2. The standard InChI is InChI=1S/C43H49ClN8O4S/c1-27-28(2)57-41-38(27)39(30-12-15-32(44)16-13-30)47-34(40-50-49-29(3)52(40)41)24-37(54)46-20-8-6-4-5-7-9-22-56-33-17-14-31(25-45)35(23-33)51-21-19-43(26-51)18-10-11-36(53)48-42(43)55/h12-17,23,34H,4-11,18-22,24,26H2,1-3H3,(H,46,54)(H,48,53,55)/t34-,43?/m0/s1. The number of nitriles is 1. The van der Waals surface area contributed by atoms with Crippen molar-refractivity contribution in [3.63, 3.8) is 0 Å². The van der Waals surface area contributed by atoms with Gasteiger partial charge in [-0.3, -0.25) is 29.3 Å². The maximum Gasteiger partial charge on any atom is 0.234 e. The first-order chi connectivity index (χ1) is 27.6. The van der Waals surface area contributed by atoms with Crippen molar-refractivity contribution in [2.24, 2.45) is 10.4 Å². The third-order valence-corrected chi connectivity index (χ3v) is 12.9. The number of carbonyl (C=O) groups excluding carboxylic acids is 3. The lowest BCUT2D eigenvalue weighted by atomic mass is 9.82. The van der Waals surface area contributed by atoms with Crippen LogP contribution in [0.5, 0.6) is 5.75 Å². The maximum atomic E-state index is 13.3. The van der Waals surface area contributed by atoms with Crippen LogP contribution in [0, 0.1) is 37.5 Å². The monoisotopic (exact) mass is 808 g/mol. The molecule has 5 heterocycles. The fourth-order valence-electron chi connectivity index (χ4n) is 8.18. The Kier molecular flexibility index (Phi) is 12.4. The minimum absolute atomic E-state index is 0.0664. The second-order valence-corrected chi connectivity index (χ2v) is 17.0. The number of thiophene rings is 1. The number of unbranched alkanes of at least 4 members (excludes halogenated alkanes) is 5. The number of amides is 3. The van der Waals surface area contributed by atoms with E-state index in [9.17, 15) is 19.6 Å². The minimum atomic E-state index is -0.606. The molecule has 7 rings (SSSR count). The van der Waals surface area contributed by atoms with Gasteiger partial charge >= 0.3 is 0 Å². The van der Waals surface area contributed by atoms with Crippen LogP contribution in [-0.4, -0.2) is 64.4 Å². The number of aromatic nitrogens is 3. The molecule has 0 aliphatic carbocycles. The van der Waals surface area contributed by atoms with Gasteiger partial charge in [-0.05, 0) is 82.7 Å². The smallest absolute Gasteiger partial charge is 0.234 e. The SMILES string of the molecule is Cc1sc2c(c1C)C(c1ccc(Cl)cc1)=N[C@@H](CC(=O)NCCCCCCCCOc1ccc(C#N)c(N3CCC4(CCCC(=O)NC4=O)C3)c1)c1nnc(C)n1-2. The Morgan fingerprint density at radius 2 is 1.82 bits per heavy atom. The second kappa shape index (κ2) is 17.6. The molecular formula is C43H49ClN8O4S. The number of nitrogens with one attached hydrogen (secondary N) is 2. The number of rotatable bonds is 14. The molecule has 3 aliphatic heterocycles. The maximum absolute atomic E-state index is 13.3. The van der Waals surface area contributed by atoms with E-state index >= 15 is 0 Å². The van der Waals surface area contributed by atoms with Gasteiger partial charge in [-0.2, -0.15) is 5.26 Å². The molecule has 12 nitrogen and oxygen atoms in total. The number of aryl methyl sites for hydroxylation is 2. The Morgan fingerprint density at radius 3 is 2.61 bits per heavy atom. The molecule has 3 aliphatic rings. The highest BCUT2D eigenvalue weighted by molar-refractivity contribution is 7.15. The number of ether oxygens (including phenoxy) is 1. The van der Waals surface area contributed by atoms with Gasteiger partial charge in [-0.1, -0.05) is 49.4 Å². The topological polar surface area (TPSA) is 155 Å². The zero-order valence-electron chi connectivity index (χ0n) is 32.8. The molecule has 4 aromatic rings. The van der Waals surface area contributed by atoms with Crippen molar-refractivity contribution in [3.8, 4) is 16.8 Å². The van der Waals surface area contributed by atoms with E-state index in [0.29, 0.717) is 74.1 Å². The molecule has 2 N–H and O–H groups in total. The summed E-state index contributed by atoms with van der Waals surface area (Å²) >= 11 is 7.93. The van der Waals surface area contributed by atoms with E-state index in [-0.39, 0.29) is 24.1 Å². The number of nitrogens with zero attached hydrogens (tertiary/aromatic N) is 6. The van der Waals surface area contributed by atoms with Crippen molar-refractivity contribution in [1.82, 2.24) is 25.4 Å². The third-order valence-electron chi connectivity index (χ3n) is 11.5. The van der Waals surface area contributed by atoms with Crippen LogP contribution in [0.15, 0.2) is 47.5 Å². The second-order valence-electron chi connectivity index (χ2n) is 15.4. The molecular weight excluding hydrogens is 760 g/mol. The zero-order valence-corrected chi connectivity index (χ0v) is 34.4. The number of halogens is 1. The molecule has 0 radical (unpaired) electrons. The molecule has 2 atom stereocenters. The van der Waals surface area contributed by atoms with E-state index in [0.717, 1.165) is 77.4 Å². The number of imide groups is 1. The first-order valence-corrected chi connectivity index (χ1v) is 21.2. The number of fused-ring (bicyclic) bond motifs is 3. The van der Waals surface area contributed by atoms with E-state index in [1.54, 1.807) is 17.4 Å². The number of hydrogen-bond acceptors (Lipinski definition) is 10. The van der Waals surface area contributed by atoms with Gasteiger partial charge in [-0.15, -0.1) is 21.5 Å². The number of hydrogen-bond donors (Lipinski definition) is 2. The van der Waals surface area contributed by atoms with E-state index in [2.05, 4.69) is 50.2 Å². The zero-order chi connectivity index (χ0) is 40.1. The third kappa shape index (κ3) is 8.77. The predicted octanol–water partition coefficient (Wildman–Crippen LogP) is 7.62. The summed E-state index contributed by atoms with van der Waals surface area (Å²) in [5, 5.41) is 26.1. The van der Waals surface area contributed by atoms with Crippen molar-refractivity contribution >= 4 is 52.1 Å². The molecule has 0 saturated carbocycles. The first-order valence-electron chi connectivity index (χ1n) is 20.0. The van der Waals surface area contributed by atoms with E-state index in [4.69, 9.17) is 21.3 Å². The van der Waals surface area contributed by atoms with Gasteiger partial charge in [0.25, 0.3) is 0 Å². The largest absolute Gasteiger partial charge is 0.494 e. The summed E-state index contributed by atoms with van der Waals surface area (Å²) in [5.74, 6) is 1.66. The normalized spacial score (nSPS) is 19.0. The summed E-state index contributed by atoms with van der Waals surface area (Å²) in [5.41, 5.74) is 4.68. The summed E-state index contributed by atoms with van der Waals surface area (Å²) in [6, 6.07) is 15.0. The molecule has 3 amide bonds. The Morgan fingerprint density at radius 1 is 1.05 bits per heavy atom. The van der Waals surface area contributed by atoms with Crippen LogP contribution in [-0.2, 0) is 14.4 Å². The Bertz CT molecular complexity index is 2220. The van der Waals surface area contributed by atoms with Crippen molar-refractivity contribution in [2.45, 2.75) is 97.4 Å². The van der Waals surface area contributed by atoms with Crippen LogP contribution in [0.3, 0.4) is 0 Å². The molecule has 2 aromatic heterocycles.